The zero-order valence-electron chi connectivity index (χ0n) is 10.7. The molecular formula is C12H24N2O2S. The van der Waals surface area contributed by atoms with Gasteiger partial charge in [0.2, 0.25) is 10.0 Å². The largest absolute Gasteiger partial charge is 0.315 e. The fourth-order valence-electron chi connectivity index (χ4n) is 3.10. The Kier molecular flexibility index (Phi) is 4.44. The second kappa shape index (κ2) is 5.67. The van der Waals surface area contributed by atoms with E-state index in [0.29, 0.717) is 6.54 Å². The van der Waals surface area contributed by atoms with E-state index < -0.39 is 10.0 Å². The van der Waals surface area contributed by atoms with E-state index in [0.717, 1.165) is 51.6 Å². The van der Waals surface area contributed by atoms with Crippen LogP contribution in [0.1, 0.15) is 45.4 Å². The maximum atomic E-state index is 12.6. The summed E-state index contributed by atoms with van der Waals surface area (Å²) >= 11 is 0. The first-order valence-corrected chi connectivity index (χ1v) is 8.38. The van der Waals surface area contributed by atoms with Gasteiger partial charge in [-0.25, -0.2) is 8.42 Å². The Morgan fingerprint density at radius 2 is 1.88 bits per heavy atom. The Morgan fingerprint density at radius 1 is 1.18 bits per heavy atom. The van der Waals surface area contributed by atoms with Crippen LogP contribution >= 0.6 is 0 Å². The third kappa shape index (κ3) is 2.83. The lowest BCUT2D eigenvalue weighted by molar-refractivity contribution is 0.272. The highest BCUT2D eigenvalue weighted by molar-refractivity contribution is 7.89. The van der Waals surface area contributed by atoms with Crippen LogP contribution in [0.25, 0.3) is 0 Å². The molecule has 4 nitrogen and oxygen atoms in total. The minimum absolute atomic E-state index is 0.107. The molecule has 1 N–H and O–H groups in total. The average molecular weight is 260 g/mol. The maximum Gasteiger partial charge on any atom is 0.217 e. The van der Waals surface area contributed by atoms with Crippen molar-refractivity contribution in [3.05, 3.63) is 0 Å². The van der Waals surface area contributed by atoms with Crippen molar-refractivity contribution in [2.24, 2.45) is 0 Å². The second-order valence-electron chi connectivity index (χ2n) is 5.15. The van der Waals surface area contributed by atoms with Gasteiger partial charge in [0.05, 0.1) is 5.25 Å². The van der Waals surface area contributed by atoms with E-state index in [1.54, 1.807) is 4.31 Å². The Labute approximate surface area is 105 Å². The number of sulfonamides is 1. The van der Waals surface area contributed by atoms with Crippen LogP contribution in [0.5, 0.6) is 0 Å². The molecule has 0 amide bonds. The van der Waals surface area contributed by atoms with Crippen molar-refractivity contribution in [3.63, 3.8) is 0 Å². The monoisotopic (exact) mass is 260 g/mol. The number of hydrogen-bond donors (Lipinski definition) is 1. The lowest BCUT2D eigenvalue weighted by atomic mass is 10.1. The zero-order chi connectivity index (χ0) is 12.3. The van der Waals surface area contributed by atoms with E-state index in [-0.39, 0.29) is 11.3 Å². The molecule has 5 heteroatoms. The highest BCUT2D eigenvalue weighted by atomic mass is 32.2. The first-order valence-electron chi connectivity index (χ1n) is 6.87. The Hall–Kier alpha value is -0.130. The molecule has 0 aromatic heterocycles. The molecule has 1 saturated carbocycles. The van der Waals surface area contributed by atoms with E-state index in [4.69, 9.17) is 0 Å². The van der Waals surface area contributed by atoms with Crippen molar-refractivity contribution >= 4 is 10.0 Å². The van der Waals surface area contributed by atoms with Gasteiger partial charge < -0.3 is 5.32 Å². The summed E-state index contributed by atoms with van der Waals surface area (Å²) in [6.45, 7) is 4.42. The zero-order valence-corrected chi connectivity index (χ0v) is 11.5. The predicted molar refractivity (Wildman–Crippen MR) is 69.4 cm³/mol. The average Bonchev–Trinajstić information content (AvgIpc) is 2.85. The first kappa shape index (κ1) is 13.3. The van der Waals surface area contributed by atoms with Crippen molar-refractivity contribution < 1.29 is 8.42 Å². The van der Waals surface area contributed by atoms with Crippen LogP contribution < -0.4 is 5.32 Å². The number of nitrogens with one attached hydrogen (secondary N) is 1. The standard InChI is InChI=1S/C12H24N2O2S/c1-2-14(11-6-5-9-13-10-11)17(15,16)12-7-3-4-8-12/h11-13H,2-10H2,1H3. The molecule has 0 radical (unpaired) electrons. The van der Waals surface area contributed by atoms with Gasteiger partial charge in [-0.15, -0.1) is 0 Å². The summed E-state index contributed by atoms with van der Waals surface area (Å²) < 4.78 is 26.9. The van der Waals surface area contributed by atoms with Gasteiger partial charge in [0.1, 0.15) is 0 Å². The summed E-state index contributed by atoms with van der Waals surface area (Å²) in [5, 5.41) is 3.20. The molecule has 0 bridgehead atoms. The summed E-state index contributed by atoms with van der Waals surface area (Å²) in [6, 6.07) is 0.180. The predicted octanol–water partition coefficient (Wildman–Crippen LogP) is 1.33. The number of rotatable bonds is 4. The molecule has 0 aromatic rings. The summed E-state index contributed by atoms with van der Waals surface area (Å²) in [7, 11) is -3.06. The van der Waals surface area contributed by atoms with E-state index >= 15 is 0 Å². The van der Waals surface area contributed by atoms with Gasteiger partial charge in [-0.3, -0.25) is 0 Å². The summed E-state index contributed by atoms with van der Waals surface area (Å²) in [5.41, 5.74) is 0. The molecule has 1 unspecified atom stereocenters. The van der Waals surface area contributed by atoms with Crippen LogP contribution in [-0.2, 0) is 10.0 Å². The normalized spacial score (nSPS) is 27.8. The highest BCUT2D eigenvalue weighted by Gasteiger charge is 2.37. The van der Waals surface area contributed by atoms with E-state index in [1.165, 1.54) is 0 Å². The van der Waals surface area contributed by atoms with E-state index in [2.05, 4.69) is 5.32 Å². The molecule has 0 aromatic carbocycles. The van der Waals surface area contributed by atoms with Gasteiger partial charge in [0, 0.05) is 19.1 Å². The molecule has 1 heterocycles. The number of piperidine rings is 1. The van der Waals surface area contributed by atoms with Crippen molar-refractivity contribution in [1.82, 2.24) is 9.62 Å². The van der Waals surface area contributed by atoms with Gasteiger partial charge >= 0.3 is 0 Å². The van der Waals surface area contributed by atoms with Crippen LogP contribution in [0, 0.1) is 0 Å². The summed E-state index contributed by atoms with van der Waals surface area (Å²) in [4.78, 5) is 0. The molecular weight excluding hydrogens is 236 g/mol. The topological polar surface area (TPSA) is 49.4 Å². The molecule has 2 aliphatic rings. The summed E-state index contributed by atoms with van der Waals surface area (Å²) in [6.07, 6.45) is 5.96. The minimum atomic E-state index is -3.06. The highest BCUT2D eigenvalue weighted by Crippen LogP contribution is 2.29. The number of hydrogen-bond acceptors (Lipinski definition) is 3. The Bertz CT molecular complexity index is 330. The fourth-order valence-corrected chi connectivity index (χ4v) is 5.37. The van der Waals surface area contributed by atoms with Crippen molar-refractivity contribution in [1.29, 1.82) is 0 Å². The lowest BCUT2D eigenvalue weighted by Gasteiger charge is -2.34. The lowest BCUT2D eigenvalue weighted by Crippen LogP contribution is -2.50. The molecule has 100 valence electrons. The van der Waals surface area contributed by atoms with Crippen LogP contribution in [0.2, 0.25) is 0 Å². The van der Waals surface area contributed by atoms with Gasteiger partial charge in [0.25, 0.3) is 0 Å². The quantitative estimate of drug-likeness (QED) is 0.829. The molecule has 1 aliphatic heterocycles. The smallest absolute Gasteiger partial charge is 0.217 e. The van der Waals surface area contributed by atoms with Gasteiger partial charge in [-0.2, -0.15) is 4.31 Å². The maximum absolute atomic E-state index is 12.6. The molecule has 1 atom stereocenters. The van der Waals surface area contributed by atoms with Crippen LogP contribution in [-0.4, -0.2) is 43.6 Å². The molecule has 17 heavy (non-hydrogen) atoms. The van der Waals surface area contributed by atoms with Crippen molar-refractivity contribution in [2.45, 2.75) is 56.7 Å². The third-order valence-corrected chi connectivity index (χ3v) is 6.56. The molecule has 1 aliphatic carbocycles. The van der Waals surface area contributed by atoms with E-state index in [9.17, 15) is 8.42 Å². The second-order valence-corrected chi connectivity index (χ2v) is 7.32. The van der Waals surface area contributed by atoms with Crippen LogP contribution in [0.15, 0.2) is 0 Å². The molecule has 1 saturated heterocycles. The van der Waals surface area contributed by atoms with Crippen LogP contribution in [0.4, 0.5) is 0 Å². The number of nitrogens with zero attached hydrogens (tertiary/aromatic N) is 1. The first-order chi connectivity index (χ1) is 8.16. The van der Waals surface area contributed by atoms with Crippen LogP contribution in [0.3, 0.4) is 0 Å². The third-order valence-electron chi connectivity index (χ3n) is 4.04. The molecule has 0 spiro atoms. The fraction of sp³-hybridized carbons (Fsp3) is 1.00. The summed E-state index contributed by atoms with van der Waals surface area (Å²) in [5.74, 6) is 0. The Morgan fingerprint density at radius 3 is 2.41 bits per heavy atom. The van der Waals surface area contributed by atoms with Gasteiger partial charge in [-0.05, 0) is 32.2 Å². The number of likely N-dealkylation sites (N-methyl/N-ethyl adjacent to an activating group) is 1. The SMILES string of the molecule is CCN(C1CCCNC1)S(=O)(=O)C1CCCC1. The van der Waals surface area contributed by atoms with Crippen molar-refractivity contribution in [2.75, 3.05) is 19.6 Å². The Balaban J connectivity index is 2.10. The van der Waals surface area contributed by atoms with E-state index in [1.807, 2.05) is 6.92 Å². The van der Waals surface area contributed by atoms with Gasteiger partial charge in [0.15, 0.2) is 0 Å². The molecule has 2 fully saturated rings. The molecule has 2 rings (SSSR count). The minimum Gasteiger partial charge on any atom is -0.315 e. The van der Waals surface area contributed by atoms with Crippen molar-refractivity contribution in [3.8, 4) is 0 Å². The van der Waals surface area contributed by atoms with Gasteiger partial charge in [-0.1, -0.05) is 19.8 Å².